The highest BCUT2D eigenvalue weighted by Gasteiger charge is 2.23. The van der Waals surface area contributed by atoms with Crippen molar-refractivity contribution in [3.8, 4) is 0 Å². The van der Waals surface area contributed by atoms with E-state index in [-0.39, 0.29) is 17.8 Å². The Morgan fingerprint density at radius 3 is 2.84 bits per heavy atom. The number of rotatable bonds is 6. The van der Waals surface area contributed by atoms with E-state index in [0.29, 0.717) is 25.5 Å². The molecule has 5 nitrogen and oxygen atoms in total. The normalized spacial score (nSPS) is 16.8. The van der Waals surface area contributed by atoms with Crippen molar-refractivity contribution in [1.82, 2.24) is 10.2 Å². The molecule has 1 aromatic heterocycles. The van der Waals surface area contributed by atoms with Gasteiger partial charge in [-0.2, -0.15) is 0 Å². The largest absolute Gasteiger partial charge is 0.465 e. The summed E-state index contributed by atoms with van der Waals surface area (Å²) in [6.45, 7) is 3.17. The number of carbonyl (C=O) groups is 1. The Labute approximate surface area is 146 Å². The van der Waals surface area contributed by atoms with Gasteiger partial charge in [0.15, 0.2) is 0 Å². The number of furan rings is 1. The second-order valence-corrected chi connectivity index (χ2v) is 5.81. The number of carbonyl (C=O) groups excluding carboxylic acids is 1. The SMILES string of the molecule is O=C(/C=C/c1ccco1)NC[C@@H](c1cccc(F)c1)N1CCOCC1. The maximum Gasteiger partial charge on any atom is 0.244 e. The summed E-state index contributed by atoms with van der Waals surface area (Å²) in [5.74, 6) is 0.121. The van der Waals surface area contributed by atoms with Crippen LogP contribution in [-0.4, -0.2) is 43.7 Å². The molecule has 0 bridgehead atoms. The minimum atomic E-state index is -0.278. The van der Waals surface area contributed by atoms with Crippen LogP contribution in [-0.2, 0) is 9.53 Å². The lowest BCUT2D eigenvalue weighted by molar-refractivity contribution is -0.116. The smallest absolute Gasteiger partial charge is 0.244 e. The minimum Gasteiger partial charge on any atom is -0.465 e. The molecule has 0 radical (unpaired) electrons. The summed E-state index contributed by atoms with van der Waals surface area (Å²) in [6, 6.07) is 9.95. The second kappa shape index (κ2) is 8.60. The van der Waals surface area contributed by atoms with E-state index in [1.165, 1.54) is 18.2 Å². The molecule has 1 aliphatic rings. The van der Waals surface area contributed by atoms with E-state index in [1.54, 1.807) is 30.5 Å². The average Bonchev–Trinajstić information content (AvgIpc) is 3.15. The van der Waals surface area contributed by atoms with Crippen molar-refractivity contribution in [3.05, 3.63) is 65.9 Å². The number of nitrogens with one attached hydrogen (secondary N) is 1. The van der Waals surface area contributed by atoms with Gasteiger partial charge in [-0.05, 0) is 35.9 Å². The maximum absolute atomic E-state index is 13.6. The molecule has 6 heteroatoms. The zero-order valence-electron chi connectivity index (χ0n) is 13.9. The Balaban J connectivity index is 1.65. The first-order chi connectivity index (χ1) is 12.2. The van der Waals surface area contributed by atoms with Crippen molar-refractivity contribution < 1.29 is 18.3 Å². The van der Waals surface area contributed by atoms with Crippen molar-refractivity contribution in [2.24, 2.45) is 0 Å². The lowest BCUT2D eigenvalue weighted by Gasteiger charge is -2.34. The van der Waals surface area contributed by atoms with Gasteiger partial charge in [0.25, 0.3) is 0 Å². The molecular formula is C19H21FN2O3. The van der Waals surface area contributed by atoms with E-state index < -0.39 is 0 Å². The Hall–Kier alpha value is -2.44. The molecule has 1 atom stereocenters. The van der Waals surface area contributed by atoms with Crippen LogP contribution in [0.4, 0.5) is 4.39 Å². The van der Waals surface area contributed by atoms with Crippen LogP contribution in [0.15, 0.2) is 53.2 Å². The number of hydrogen-bond acceptors (Lipinski definition) is 4. The first-order valence-electron chi connectivity index (χ1n) is 8.29. The number of hydrogen-bond donors (Lipinski definition) is 1. The van der Waals surface area contributed by atoms with Gasteiger partial charge in [0.05, 0.1) is 25.5 Å². The molecule has 0 aliphatic carbocycles. The van der Waals surface area contributed by atoms with E-state index in [4.69, 9.17) is 9.15 Å². The van der Waals surface area contributed by atoms with Gasteiger partial charge >= 0.3 is 0 Å². The van der Waals surface area contributed by atoms with Crippen LogP contribution in [0.2, 0.25) is 0 Å². The number of benzene rings is 1. The fourth-order valence-electron chi connectivity index (χ4n) is 2.86. The molecule has 1 aliphatic heterocycles. The summed E-state index contributed by atoms with van der Waals surface area (Å²) < 4.78 is 24.2. The highest BCUT2D eigenvalue weighted by molar-refractivity contribution is 5.91. The van der Waals surface area contributed by atoms with Gasteiger partial charge in [0.1, 0.15) is 11.6 Å². The van der Waals surface area contributed by atoms with E-state index in [9.17, 15) is 9.18 Å². The zero-order chi connectivity index (χ0) is 17.5. The number of amides is 1. The molecule has 1 saturated heterocycles. The molecule has 0 unspecified atom stereocenters. The fourth-order valence-corrected chi connectivity index (χ4v) is 2.86. The first-order valence-corrected chi connectivity index (χ1v) is 8.29. The van der Waals surface area contributed by atoms with Crippen LogP contribution >= 0.6 is 0 Å². The van der Waals surface area contributed by atoms with E-state index in [2.05, 4.69) is 10.2 Å². The Morgan fingerprint density at radius 1 is 1.28 bits per heavy atom. The molecule has 0 spiro atoms. The molecule has 0 saturated carbocycles. The van der Waals surface area contributed by atoms with Crippen LogP contribution in [0.5, 0.6) is 0 Å². The maximum atomic E-state index is 13.6. The highest BCUT2D eigenvalue weighted by atomic mass is 19.1. The van der Waals surface area contributed by atoms with Gasteiger partial charge in [-0.3, -0.25) is 9.69 Å². The molecule has 2 heterocycles. The summed E-state index contributed by atoms with van der Waals surface area (Å²) >= 11 is 0. The van der Waals surface area contributed by atoms with Crippen molar-refractivity contribution in [2.45, 2.75) is 6.04 Å². The van der Waals surface area contributed by atoms with Gasteiger partial charge < -0.3 is 14.5 Å². The van der Waals surface area contributed by atoms with Crippen LogP contribution in [0.1, 0.15) is 17.4 Å². The second-order valence-electron chi connectivity index (χ2n) is 5.81. The van der Waals surface area contributed by atoms with Gasteiger partial charge in [-0.15, -0.1) is 0 Å². The van der Waals surface area contributed by atoms with Gasteiger partial charge in [0.2, 0.25) is 5.91 Å². The third kappa shape index (κ3) is 5.01. The number of nitrogens with zero attached hydrogens (tertiary/aromatic N) is 1. The highest BCUT2D eigenvalue weighted by Crippen LogP contribution is 2.22. The van der Waals surface area contributed by atoms with Crippen molar-refractivity contribution in [1.29, 1.82) is 0 Å². The molecule has 1 N–H and O–H groups in total. The molecule has 25 heavy (non-hydrogen) atoms. The van der Waals surface area contributed by atoms with Crippen molar-refractivity contribution in [3.63, 3.8) is 0 Å². The standard InChI is InChI=1S/C19H21FN2O3/c20-16-4-1-3-15(13-16)18(22-8-11-24-12-9-22)14-21-19(23)7-6-17-5-2-10-25-17/h1-7,10,13,18H,8-9,11-12,14H2,(H,21,23)/b7-6+/t18-/m0/s1. The quantitative estimate of drug-likeness (QED) is 0.819. The molecule has 1 fully saturated rings. The molecular weight excluding hydrogens is 323 g/mol. The number of ether oxygens (including phenoxy) is 1. The third-order valence-electron chi connectivity index (χ3n) is 4.13. The minimum absolute atomic E-state index is 0.0967. The lowest BCUT2D eigenvalue weighted by atomic mass is 10.0. The number of morpholine rings is 1. The first kappa shape index (κ1) is 17.4. The Kier molecular flexibility index (Phi) is 5.98. The third-order valence-corrected chi connectivity index (χ3v) is 4.13. The van der Waals surface area contributed by atoms with Crippen LogP contribution in [0.25, 0.3) is 6.08 Å². The lowest BCUT2D eigenvalue weighted by Crippen LogP contribution is -2.43. The van der Waals surface area contributed by atoms with Gasteiger partial charge in [-0.25, -0.2) is 4.39 Å². The summed E-state index contributed by atoms with van der Waals surface area (Å²) in [7, 11) is 0. The van der Waals surface area contributed by atoms with E-state index in [1.807, 2.05) is 6.07 Å². The van der Waals surface area contributed by atoms with E-state index in [0.717, 1.165) is 18.7 Å². The fraction of sp³-hybridized carbons (Fsp3) is 0.316. The van der Waals surface area contributed by atoms with Gasteiger partial charge in [0, 0.05) is 25.7 Å². The Morgan fingerprint density at radius 2 is 2.12 bits per heavy atom. The summed E-state index contributed by atoms with van der Waals surface area (Å²) in [5, 5.41) is 2.89. The predicted octanol–water partition coefficient (Wildman–Crippen LogP) is 2.62. The van der Waals surface area contributed by atoms with Gasteiger partial charge in [-0.1, -0.05) is 12.1 Å². The van der Waals surface area contributed by atoms with Crippen molar-refractivity contribution >= 4 is 12.0 Å². The van der Waals surface area contributed by atoms with Crippen LogP contribution < -0.4 is 5.32 Å². The molecule has 132 valence electrons. The Bertz CT molecular complexity index is 709. The van der Waals surface area contributed by atoms with Crippen LogP contribution in [0.3, 0.4) is 0 Å². The predicted molar refractivity (Wildman–Crippen MR) is 92.3 cm³/mol. The van der Waals surface area contributed by atoms with E-state index >= 15 is 0 Å². The molecule has 3 rings (SSSR count). The molecule has 1 amide bonds. The average molecular weight is 344 g/mol. The molecule has 1 aromatic carbocycles. The monoisotopic (exact) mass is 344 g/mol. The zero-order valence-corrected chi connectivity index (χ0v) is 13.9. The molecule has 2 aromatic rings. The topological polar surface area (TPSA) is 54.7 Å². The van der Waals surface area contributed by atoms with Crippen molar-refractivity contribution in [2.75, 3.05) is 32.8 Å². The summed E-state index contributed by atoms with van der Waals surface area (Å²) in [4.78, 5) is 14.3. The number of halogens is 1. The summed E-state index contributed by atoms with van der Waals surface area (Å²) in [6.07, 6.45) is 4.60. The summed E-state index contributed by atoms with van der Waals surface area (Å²) in [5.41, 5.74) is 0.845. The van der Waals surface area contributed by atoms with Crippen LogP contribution in [0, 0.1) is 5.82 Å².